The van der Waals surface area contributed by atoms with Gasteiger partial charge >= 0.3 is 0 Å². The van der Waals surface area contributed by atoms with Crippen molar-refractivity contribution in [1.29, 1.82) is 0 Å². The fourth-order valence-electron chi connectivity index (χ4n) is 1.83. The first-order chi connectivity index (χ1) is 9.24. The minimum Gasteiger partial charge on any atom is -0.497 e. The van der Waals surface area contributed by atoms with E-state index in [4.69, 9.17) is 4.74 Å². The summed E-state index contributed by atoms with van der Waals surface area (Å²) in [6.45, 7) is 0.692. The van der Waals surface area contributed by atoms with Gasteiger partial charge in [-0.1, -0.05) is 34.1 Å². The van der Waals surface area contributed by atoms with Gasteiger partial charge in [0.1, 0.15) is 5.75 Å². The Balaban J connectivity index is 2.14. The van der Waals surface area contributed by atoms with Gasteiger partial charge in [0.15, 0.2) is 0 Å². The molecule has 0 spiro atoms. The lowest BCUT2D eigenvalue weighted by Crippen LogP contribution is -2.03. The van der Waals surface area contributed by atoms with E-state index in [9.17, 15) is 5.11 Å². The normalized spacial score (nSPS) is 10.3. The molecule has 0 atom stereocenters. The summed E-state index contributed by atoms with van der Waals surface area (Å²) in [7, 11) is 1.65. The number of rotatable bonds is 5. The molecule has 0 aliphatic rings. The highest BCUT2D eigenvalue weighted by atomic mass is 79.9. The number of hydrogen-bond acceptors (Lipinski definition) is 3. The molecule has 0 saturated carbocycles. The molecule has 0 radical (unpaired) electrons. The van der Waals surface area contributed by atoms with E-state index in [1.807, 2.05) is 42.5 Å². The second-order valence-electron chi connectivity index (χ2n) is 4.13. The molecule has 0 heterocycles. The standard InChI is InChI=1S/C15H16BrNO2/c1-19-13-6-7-14(16)12(8-13)9-17-15-5-3-2-4-11(15)10-18/h2-8,17-18H,9-10H2,1H3. The highest BCUT2D eigenvalue weighted by Gasteiger charge is 2.04. The smallest absolute Gasteiger partial charge is 0.119 e. The van der Waals surface area contributed by atoms with Crippen LogP contribution in [0, 0.1) is 0 Å². The molecule has 0 aromatic heterocycles. The molecule has 4 heteroatoms. The van der Waals surface area contributed by atoms with Crippen LogP contribution in [0.5, 0.6) is 5.75 Å². The number of anilines is 1. The summed E-state index contributed by atoms with van der Waals surface area (Å²) in [6, 6.07) is 13.6. The molecule has 100 valence electrons. The van der Waals surface area contributed by atoms with E-state index in [2.05, 4.69) is 21.2 Å². The molecular formula is C15H16BrNO2. The summed E-state index contributed by atoms with van der Waals surface area (Å²) < 4.78 is 6.25. The van der Waals surface area contributed by atoms with Gasteiger partial charge in [0.25, 0.3) is 0 Å². The van der Waals surface area contributed by atoms with E-state index >= 15 is 0 Å². The largest absolute Gasteiger partial charge is 0.497 e. The Kier molecular flexibility index (Phi) is 4.82. The van der Waals surface area contributed by atoms with Crippen LogP contribution in [0.25, 0.3) is 0 Å². The first kappa shape index (κ1) is 13.9. The Morgan fingerprint density at radius 2 is 1.95 bits per heavy atom. The highest BCUT2D eigenvalue weighted by Crippen LogP contribution is 2.24. The lowest BCUT2D eigenvalue weighted by atomic mass is 10.1. The summed E-state index contributed by atoms with van der Waals surface area (Å²) >= 11 is 3.52. The zero-order valence-electron chi connectivity index (χ0n) is 10.7. The first-order valence-corrected chi connectivity index (χ1v) is 6.79. The first-order valence-electron chi connectivity index (χ1n) is 5.99. The fraction of sp³-hybridized carbons (Fsp3) is 0.200. The topological polar surface area (TPSA) is 41.5 Å². The predicted molar refractivity (Wildman–Crippen MR) is 80.4 cm³/mol. The highest BCUT2D eigenvalue weighted by molar-refractivity contribution is 9.10. The quantitative estimate of drug-likeness (QED) is 0.884. The van der Waals surface area contributed by atoms with Crippen LogP contribution in [0.15, 0.2) is 46.9 Å². The number of methoxy groups -OCH3 is 1. The molecule has 2 rings (SSSR count). The third-order valence-electron chi connectivity index (χ3n) is 2.91. The molecule has 0 aliphatic heterocycles. The van der Waals surface area contributed by atoms with E-state index in [0.29, 0.717) is 6.54 Å². The molecule has 0 bridgehead atoms. The maximum atomic E-state index is 9.28. The number of para-hydroxylation sites is 1. The predicted octanol–water partition coefficient (Wildman–Crippen LogP) is 3.56. The van der Waals surface area contributed by atoms with E-state index in [1.165, 1.54) is 0 Å². The van der Waals surface area contributed by atoms with E-state index in [1.54, 1.807) is 7.11 Å². The molecular weight excluding hydrogens is 306 g/mol. The van der Waals surface area contributed by atoms with Gasteiger partial charge in [0.05, 0.1) is 13.7 Å². The summed E-state index contributed by atoms with van der Waals surface area (Å²) in [5.74, 6) is 0.829. The lowest BCUT2D eigenvalue weighted by molar-refractivity contribution is 0.282. The average molecular weight is 322 g/mol. The van der Waals surface area contributed by atoms with E-state index in [0.717, 1.165) is 27.0 Å². The zero-order chi connectivity index (χ0) is 13.7. The number of ether oxygens (including phenoxy) is 1. The van der Waals surface area contributed by atoms with Crippen molar-refractivity contribution in [3.8, 4) is 5.75 Å². The number of hydrogen-bond donors (Lipinski definition) is 2. The SMILES string of the molecule is COc1ccc(Br)c(CNc2ccccc2CO)c1. The minimum atomic E-state index is 0.0302. The number of benzene rings is 2. The maximum Gasteiger partial charge on any atom is 0.119 e. The zero-order valence-corrected chi connectivity index (χ0v) is 12.3. The van der Waals surface area contributed by atoms with Crippen LogP contribution in [0.2, 0.25) is 0 Å². The van der Waals surface area contributed by atoms with Crippen LogP contribution in [-0.4, -0.2) is 12.2 Å². The third kappa shape index (κ3) is 3.49. The van der Waals surface area contributed by atoms with Crippen molar-refractivity contribution in [2.45, 2.75) is 13.2 Å². The number of nitrogens with one attached hydrogen (secondary N) is 1. The van der Waals surface area contributed by atoms with Crippen molar-refractivity contribution >= 4 is 21.6 Å². The summed E-state index contributed by atoms with van der Waals surface area (Å²) in [5.41, 5.74) is 2.94. The van der Waals surface area contributed by atoms with Gasteiger partial charge in [-0.05, 0) is 29.8 Å². The molecule has 2 N–H and O–H groups in total. The Bertz CT molecular complexity index is 558. The Morgan fingerprint density at radius 1 is 1.16 bits per heavy atom. The molecule has 3 nitrogen and oxygen atoms in total. The summed E-state index contributed by atoms with van der Waals surface area (Å²) in [5, 5.41) is 12.6. The van der Waals surface area contributed by atoms with Gasteiger partial charge < -0.3 is 15.2 Å². The van der Waals surface area contributed by atoms with Crippen molar-refractivity contribution in [2.75, 3.05) is 12.4 Å². The third-order valence-corrected chi connectivity index (χ3v) is 3.68. The molecule has 0 amide bonds. The Hall–Kier alpha value is -1.52. The monoisotopic (exact) mass is 321 g/mol. The van der Waals surface area contributed by atoms with Gasteiger partial charge in [-0.3, -0.25) is 0 Å². The molecule has 2 aromatic rings. The van der Waals surface area contributed by atoms with E-state index < -0.39 is 0 Å². The van der Waals surface area contributed by atoms with Gasteiger partial charge in [-0.2, -0.15) is 0 Å². The van der Waals surface area contributed by atoms with Crippen LogP contribution in [-0.2, 0) is 13.2 Å². The second kappa shape index (κ2) is 6.59. The van der Waals surface area contributed by atoms with Gasteiger partial charge in [0, 0.05) is 22.3 Å². The Morgan fingerprint density at radius 3 is 2.68 bits per heavy atom. The molecule has 2 aromatic carbocycles. The molecule has 0 saturated heterocycles. The molecule has 19 heavy (non-hydrogen) atoms. The molecule has 0 unspecified atom stereocenters. The summed E-state index contributed by atoms with van der Waals surface area (Å²) in [4.78, 5) is 0. The van der Waals surface area contributed by atoms with Crippen molar-refractivity contribution in [3.63, 3.8) is 0 Å². The average Bonchev–Trinajstić information content (AvgIpc) is 2.46. The second-order valence-corrected chi connectivity index (χ2v) is 4.98. The number of aliphatic hydroxyl groups excluding tert-OH is 1. The van der Waals surface area contributed by atoms with Crippen LogP contribution in [0.1, 0.15) is 11.1 Å². The van der Waals surface area contributed by atoms with E-state index in [-0.39, 0.29) is 6.61 Å². The van der Waals surface area contributed by atoms with Crippen LogP contribution in [0.4, 0.5) is 5.69 Å². The van der Waals surface area contributed by atoms with Crippen LogP contribution < -0.4 is 10.1 Å². The molecule has 0 fully saturated rings. The van der Waals surface area contributed by atoms with Crippen LogP contribution in [0.3, 0.4) is 0 Å². The maximum absolute atomic E-state index is 9.28. The van der Waals surface area contributed by atoms with Crippen molar-refractivity contribution in [2.24, 2.45) is 0 Å². The number of halogens is 1. The fourth-order valence-corrected chi connectivity index (χ4v) is 2.22. The van der Waals surface area contributed by atoms with Crippen LogP contribution >= 0.6 is 15.9 Å². The number of aliphatic hydroxyl groups is 1. The van der Waals surface area contributed by atoms with Crippen molar-refractivity contribution in [1.82, 2.24) is 0 Å². The van der Waals surface area contributed by atoms with Gasteiger partial charge in [-0.15, -0.1) is 0 Å². The lowest BCUT2D eigenvalue weighted by Gasteiger charge is -2.12. The van der Waals surface area contributed by atoms with Gasteiger partial charge in [-0.25, -0.2) is 0 Å². The molecule has 0 aliphatic carbocycles. The minimum absolute atomic E-state index is 0.0302. The van der Waals surface area contributed by atoms with Gasteiger partial charge in [0.2, 0.25) is 0 Å². The van der Waals surface area contributed by atoms with Crippen molar-refractivity contribution in [3.05, 3.63) is 58.1 Å². The van der Waals surface area contributed by atoms with Crippen molar-refractivity contribution < 1.29 is 9.84 Å². The summed E-state index contributed by atoms with van der Waals surface area (Å²) in [6.07, 6.45) is 0. The Labute approximate surface area is 121 Å².